The first-order valence-electron chi connectivity index (χ1n) is 6.43. The summed E-state index contributed by atoms with van der Waals surface area (Å²) >= 11 is 0. The summed E-state index contributed by atoms with van der Waals surface area (Å²) in [5.74, 6) is 1.62. The predicted octanol–water partition coefficient (Wildman–Crippen LogP) is 3.10. The number of benzene rings is 1. The van der Waals surface area contributed by atoms with Crippen LogP contribution in [0.25, 0.3) is 0 Å². The molecule has 0 atom stereocenters. The molecule has 2 aromatic rings. The quantitative estimate of drug-likeness (QED) is 0.917. The van der Waals surface area contributed by atoms with Crippen LogP contribution in [0, 0.1) is 0 Å². The molecule has 1 heterocycles. The summed E-state index contributed by atoms with van der Waals surface area (Å²) in [6, 6.07) is 8.05. The molecule has 4 heteroatoms. The van der Waals surface area contributed by atoms with Crippen molar-refractivity contribution >= 4 is 0 Å². The minimum atomic E-state index is 0.0847. The Morgan fingerprint density at radius 3 is 2.63 bits per heavy atom. The van der Waals surface area contributed by atoms with Gasteiger partial charge in [0.15, 0.2) is 5.75 Å². The van der Waals surface area contributed by atoms with Crippen LogP contribution in [0.4, 0.5) is 0 Å². The van der Waals surface area contributed by atoms with Crippen molar-refractivity contribution in [2.75, 3.05) is 0 Å². The lowest BCUT2D eigenvalue weighted by molar-refractivity contribution is 0.414. The van der Waals surface area contributed by atoms with E-state index in [-0.39, 0.29) is 5.54 Å². The lowest BCUT2D eigenvalue weighted by atomic mass is 10.1. The van der Waals surface area contributed by atoms with E-state index in [1.807, 2.05) is 31.4 Å². The van der Waals surface area contributed by atoms with Gasteiger partial charge >= 0.3 is 0 Å². The van der Waals surface area contributed by atoms with Gasteiger partial charge in [-0.1, -0.05) is 18.2 Å². The van der Waals surface area contributed by atoms with Crippen molar-refractivity contribution in [3.05, 3.63) is 42.2 Å². The molecule has 0 unspecified atom stereocenters. The minimum Gasteiger partial charge on any atom is -0.454 e. The number of ether oxygens (including phenoxy) is 1. The molecule has 0 amide bonds. The number of aromatic nitrogens is 2. The Morgan fingerprint density at radius 1 is 1.26 bits per heavy atom. The van der Waals surface area contributed by atoms with Crippen molar-refractivity contribution < 1.29 is 4.74 Å². The summed E-state index contributed by atoms with van der Waals surface area (Å²) in [6.07, 6.45) is 3.57. The molecular weight excluding hydrogens is 238 g/mol. The molecule has 0 fully saturated rings. The lowest BCUT2D eigenvalue weighted by Gasteiger charge is -2.21. The average molecular weight is 259 g/mol. The molecule has 0 saturated carbocycles. The fraction of sp³-hybridized carbons (Fsp3) is 0.400. The maximum absolute atomic E-state index is 5.87. The van der Waals surface area contributed by atoms with Gasteiger partial charge in [-0.25, -0.2) is 0 Å². The van der Waals surface area contributed by atoms with Crippen LogP contribution in [-0.4, -0.2) is 15.3 Å². The van der Waals surface area contributed by atoms with E-state index in [2.05, 4.69) is 37.3 Å². The van der Waals surface area contributed by atoms with Crippen molar-refractivity contribution in [1.82, 2.24) is 15.1 Å². The van der Waals surface area contributed by atoms with Crippen molar-refractivity contribution in [1.29, 1.82) is 0 Å². The molecule has 102 valence electrons. The molecule has 4 nitrogen and oxygen atoms in total. The SMILES string of the molecule is Cn1cc(Oc2ccccc2CNC(C)(C)C)cn1. The number of nitrogens with one attached hydrogen (secondary N) is 1. The number of nitrogens with zero attached hydrogens (tertiary/aromatic N) is 2. The second kappa shape index (κ2) is 5.45. The van der Waals surface area contributed by atoms with Crippen LogP contribution in [0.3, 0.4) is 0 Å². The van der Waals surface area contributed by atoms with Crippen LogP contribution in [-0.2, 0) is 13.6 Å². The fourth-order valence-corrected chi connectivity index (χ4v) is 1.69. The van der Waals surface area contributed by atoms with Gasteiger partial charge in [-0.15, -0.1) is 0 Å². The summed E-state index contributed by atoms with van der Waals surface area (Å²) < 4.78 is 7.60. The highest BCUT2D eigenvalue weighted by Gasteiger charge is 2.11. The molecule has 19 heavy (non-hydrogen) atoms. The highest BCUT2D eigenvalue weighted by molar-refractivity contribution is 5.36. The molecule has 1 aromatic carbocycles. The van der Waals surface area contributed by atoms with Gasteiger partial charge in [0.05, 0.1) is 12.4 Å². The third-order valence-corrected chi connectivity index (χ3v) is 2.69. The first kappa shape index (κ1) is 13.6. The smallest absolute Gasteiger partial charge is 0.165 e. The van der Waals surface area contributed by atoms with Crippen molar-refractivity contribution in [3.8, 4) is 11.5 Å². The van der Waals surface area contributed by atoms with E-state index in [0.29, 0.717) is 0 Å². The zero-order chi connectivity index (χ0) is 13.9. The van der Waals surface area contributed by atoms with E-state index in [1.165, 1.54) is 0 Å². The largest absolute Gasteiger partial charge is 0.454 e. The highest BCUT2D eigenvalue weighted by atomic mass is 16.5. The maximum Gasteiger partial charge on any atom is 0.165 e. The summed E-state index contributed by atoms with van der Waals surface area (Å²) in [5.41, 5.74) is 1.22. The molecule has 1 N–H and O–H groups in total. The third kappa shape index (κ3) is 4.10. The van der Waals surface area contributed by atoms with Crippen LogP contribution in [0.1, 0.15) is 26.3 Å². The van der Waals surface area contributed by atoms with E-state index in [1.54, 1.807) is 10.9 Å². The zero-order valence-electron chi connectivity index (χ0n) is 12.0. The van der Waals surface area contributed by atoms with E-state index < -0.39 is 0 Å². The molecule has 0 spiro atoms. The maximum atomic E-state index is 5.87. The number of hydrogen-bond acceptors (Lipinski definition) is 3. The monoisotopic (exact) mass is 259 g/mol. The third-order valence-electron chi connectivity index (χ3n) is 2.69. The number of para-hydroxylation sites is 1. The fourth-order valence-electron chi connectivity index (χ4n) is 1.69. The highest BCUT2D eigenvalue weighted by Crippen LogP contribution is 2.25. The van der Waals surface area contributed by atoms with Crippen LogP contribution >= 0.6 is 0 Å². The van der Waals surface area contributed by atoms with Gasteiger partial charge in [-0.05, 0) is 26.8 Å². The number of hydrogen-bond donors (Lipinski definition) is 1. The molecular formula is C15H21N3O. The Labute approximate surface area is 114 Å². The standard InChI is InChI=1S/C15H21N3O/c1-15(2,3)16-9-12-7-5-6-8-14(12)19-13-10-17-18(4)11-13/h5-8,10-11,16H,9H2,1-4H3. The van der Waals surface area contributed by atoms with Crippen LogP contribution < -0.4 is 10.1 Å². The van der Waals surface area contributed by atoms with Gasteiger partial charge < -0.3 is 10.1 Å². The van der Waals surface area contributed by atoms with E-state index in [0.717, 1.165) is 23.6 Å². The lowest BCUT2D eigenvalue weighted by Crippen LogP contribution is -2.35. The van der Waals surface area contributed by atoms with Gasteiger partial charge in [-0.3, -0.25) is 4.68 Å². The summed E-state index contributed by atoms with van der Waals surface area (Å²) in [4.78, 5) is 0. The summed E-state index contributed by atoms with van der Waals surface area (Å²) in [5, 5.41) is 7.57. The van der Waals surface area contributed by atoms with Crippen LogP contribution in [0.5, 0.6) is 11.5 Å². The van der Waals surface area contributed by atoms with Crippen molar-refractivity contribution in [2.45, 2.75) is 32.9 Å². The first-order chi connectivity index (χ1) is 8.94. The molecule has 0 bridgehead atoms. The van der Waals surface area contributed by atoms with E-state index >= 15 is 0 Å². The van der Waals surface area contributed by atoms with Gasteiger partial charge in [0.1, 0.15) is 5.75 Å². The van der Waals surface area contributed by atoms with E-state index in [9.17, 15) is 0 Å². The molecule has 0 aliphatic carbocycles. The molecule has 0 aliphatic rings. The topological polar surface area (TPSA) is 39.1 Å². The molecule has 1 aromatic heterocycles. The summed E-state index contributed by atoms with van der Waals surface area (Å²) in [6.45, 7) is 7.23. The Morgan fingerprint density at radius 2 is 2.00 bits per heavy atom. The molecule has 2 rings (SSSR count). The van der Waals surface area contributed by atoms with Crippen LogP contribution in [0.2, 0.25) is 0 Å². The predicted molar refractivity (Wildman–Crippen MR) is 76.3 cm³/mol. The Bertz CT molecular complexity index is 540. The zero-order valence-corrected chi connectivity index (χ0v) is 12.0. The van der Waals surface area contributed by atoms with Gasteiger partial charge in [0, 0.05) is 24.7 Å². The Kier molecular flexibility index (Phi) is 3.90. The normalized spacial score (nSPS) is 11.6. The second-order valence-corrected chi connectivity index (χ2v) is 5.66. The molecule has 0 radical (unpaired) electrons. The van der Waals surface area contributed by atoms with E-state index in [4.69, 9.17) is 4.74 Å². The number of aryl methyl sites for hydroxylation is 1. The number of rotatable bonds is 4. The van der Waals surface area contributed by atoms with Crippen molar-refractivity contribution in [2.24, 2.45) is 7.05 Å². The van der Waals surface area contributed by atoms with Gasteiger partial charge in [0.2, 0.25) is 0 Å². The van der Waals surface area contributed by atoms with Gasteiger partial charge in [-0.2, -0.15) is 5.10 Å². The second-order valence-electron chi connectivity index (χ2n) is 5.66. The first-order valence-corrected chi connectivity index (χ1v) is 6.43. The Balaban J connectivity index is 2.12. The molecule has 0 saturated heterocycles. The molecule has 0 aliphatic heterocycles. The summed E-state index contributed by atoms with van der Waals surface area (Å²) in [7, 11) is 1.87. The Hall–Kier alpha value is -1.81. The minimum absolute atomic E-state index is 0.0847. The van der Waals surface area contributed by atoms with Crippen molar-refractivity contribution in [3.63, 3.8) is 0 Å². The average Bonchev–Trinajstić information content (AvgIpc) is 2.73. The van der Waals surface area contributed by atoms with Crippen LogP contribution in [0.15, 0.2) is 36.7 Å². The van der Waals surface area contributed by atoms with Gasteiger partial charge in [0.25, 0.3) is 0 Å².